The number of aliphatic hydroxyl groups is 2. The molecule has 5 heteroatoms. The molecule has 2 N–H and O–H groups in total. The van der Waals surface area contributed by atoms with Crippen LogP contribution in [0.15, 0.2) is 4.99 Å². The Morgan fingerprint density at radius 3 is 3.00 bits per heavy atom. The molecule has 0 aliphatic carbocycles. The number of hydrogen-bond acceptors (Lipinski definition) is 5. The number of rotatable bonds is 3. The Balaban J connectivity index is 2.30. The van der Waals surface area contributed by atoms with Gasteiger partial charge in [-0.15, -0.1) is 0 Å². The third-order valence-corrected chi connectivity index (χ3v) is 1.25. The van der Waals surface area contributed by atoms with E-state index in [1.165, 1.54) is 6.08 Å². The summed E-state index contributed by atoms with van der Waals surface area (Å²) in [6, 6.07) is 0. The largest absolute Gasteiger partial charge is 0.394 e. The fraction of sp³-hybridized carbons (Fsp3) is 0.800. The standard InChI is InChI=1S/C5H7NO4/c7-1-3(9)4-5(10-4)6-2-8/h3-5,7,9H,1H2. The van der Waals surface area contributed by atoms with Gasteiger partial charge in [-0.25, -0.2) is 4.79 Å². The minimum atomic E-state index is -0.943. The minimum absolute atomic E-state index is 0.379. The van der Waals surface area contributed by atoms with Crippen LogP contribution >= 0.6 is 0 Å². The Morgan fingerprint density at radius 2 is 2.50 bits per heavy atom. The van der Waals surface area contributed by atoms with E-state index in [1.54, 1.807) is 0 Å². The highest BCUT2D eigenvalue weighted by Gasteiger charge is 2.44. The summed E-state index contributed by atoms with van der Waals surface area (Å²) in [4.78, 5) is 12.8. The van der Waals surface area contributed by atoms with E-state index in [-0.39, 0.29) is 6.61 Å². The summed E-state index contributed by atoms with van der Waals surface area (Å²) in [5.74, 6) is 0. The predicted octanol–water partition coefficient (Wildman–Crippen LogP) is -1.60. The molecule has 3 unspecified atom stereocenters. The van der Waals surface area contributed by atoms with Crippen molar-refractivity contribution in [3.05, 3.63) is 0 Å². The van der Waals surface area contributed by atoms with Gasteiger partial charge < -0.3 is 14.9 Å². The lowest BCUT2D eigenvalue weighted by molar-refractivity contribution is 0.0706. The van der Waals surface area contributed by atoms with Gasteiger partial charge in [0.15, 0.2) is 6.23 Å². The maximum atomic E-state index is 9.60. The first kappa shape index (κ1) is 7.37. The molecule has 3 atom stereocenters. The highest BCUT2D eigenvalue weighted by molar-refractivity contribution is 5.34. The number of ether oxygens (including phenoxy) is 1. The molecule has 0 aromatic rings. The highest BCUT2D eigenvalue weighted by Crippen LogP contribution is 2.25. The molecule has 56 valence electrons. The Hall–Kier alpha value is -0.740. The van der Waals surface area contributed by atoms with Crippen molar-refractivity contribution in [2.45, 2.75) is 18.4 Å². The molecule has 5 nitrogen and oxygen atoms in total. The van der Waals surface area contributed by atoms with Crippen LogP contribution in [0.2, 0.25) is 0 Å². The number of nitrogens with zero attached hydrogens (tertiary/aromatic N) is 1. The smallest absolute Gasteiger partial charge is 0.237 e. The number of carbonyl (C=O) groups excluding carboxylic acids is 1. The molecule has 0 bridgehead atoms. The maximum absolute atomic E-state index is 9.60. The summed E-state index contributed by atoms with van der Waals surface area (Å²) in [5.41, 5.74) is 0. The van der Waals surface area contributed by atoms with Crippen molar-refractivity contribution in [1.82, 2.24) is 0 Å². The van der Waals surface area contributed by atoms with Gasteiger partial charge in [0.05, 0.1) is 6.61 Å². The first-order chi connectivity index (χ1) is 4.79. The van der Waals surface area contributed by atoms with E-state index in [4.69, 9.17) is 10.2 Å². The molecule has 0 amide bonds. The van der Waals surface area contributed by atoms with E-state index in [0.29, 0.717) is 0 Å². The summed E-state index contributed by atoms with van der Waals surface area (Å²) in [7, 11) is 0. The number of aliphatic hydroxyl groups excluding tert-OH is 2. The quantitative estimate of drug-likeness (QED) is 0.284. The first-order valence-corrected chi connectivity index (χ1v) is 2.81. The van der Waals surface area contributed by atoms with E-state index in [9.17, 15) is 4.79 Å². The van der Waals surface area contributed by atoms with Crippen molar-refractivity contribution < 1.29 is 19.7 Å². The van der Waals surface area contributed by atoms with Gasteiger partial charge in [-0.3, -0.25) is 0 Å². The van der Waals surface area contributed by atoms with Gasteiger partial charge in [0.2, 0.25) is 6.08 Å². The molecule has 1 heterocycles. The average Bonchev–Trinajstić information content (AvgIpc) is 2.67. The molecule has 0 aromatic heterocycles. The molecule has 1 aliphatic rings. The van der Waals surface area contributed by atoms with Gasteiger partial charge in [0.25, 0.3) is 0 Å². The van der Waals surface area contributed by atoms with Crippen molar-refractivity contribution in [3.8, 4) is 0 Å². The molecule has 1 aliphatic heterocycles. The van der Waals surface area contributed by atoms with Crippen molar-refractivity contribution in [2.75, 3.05) is 6.61 Å². The minimum Gasteiger partial charge on any atom is -0.394 e. The Morgan fingerprint density at radius 1 is 1.80 bits per heavy atom. The fourth-order valence-corrected chi connectivity index (χ4v) is 0.656. The monoisotopic (exact) mass is 145 g/mol. The average molecular weight is 145 g/mol. The van der Waals surface area contributed by atoms with Gasteiger partial charge in [0.1, 0.15) is 12.2 Å². The summed E-state index contributed by atoms with van der Waals surface area (Å²) in [6.07, 6.45) is -0.766. The second-order valence-corrected chi connectivity index (χ2v) is 1.96. The van der Waals surface area contributed by atoms with E-state index in [0.717, 1.165) is 0 Å². The zero-order valence-electron chi connectivity index (χ0n) is 5.10. The fourth-order valence-electron chi connectivity index (χ4n) is 0.656. The van der Waals surface area contributed by atoms with Crippen LogP contribution in [0.25, 0.3) is 0 Å². The molecule has 0 saturated carbocycles. The third-order valence-electron chi connectivity index (χ3n) is 1.25. The van der Waals surface area contributed by atoms with Gasteiger partial charge in [-0.05, 0) is 0 Å². The molecule has 1 saturated heterocycles. The van der Waals surface area contributed by atoms with Crippen LogP contribution in [0.3, 0.4) is 0 Å². The summed E-state index contributed by atoms with van der Waals surface area (Å²) in [5, 5.41) is 17.2. The Labute approximate surface area is 57.0 Å². The number of aliphatic imine (C=N–C) groups is 1. The van der Waals surface area contributed by atoms with Gasteiger partial charge >= 0.3 is 0 Å². The van der Waals surface area contributed by atoms with Crippen molar-refractivity contribution in [2.24, 2.45) is 4.99 Å². The summed E-state index contributed by atoms with van der Waals surface area (Å²) >= 11 is 0. The predicted molar refractivity (Wildman–Crippen MR) is 29.9 cm³/mol. The van der Waals surface area contributed by atoms with Crippen molar-refractivity contribution >= 4 is 6.08 Å². The maximum Gasteiger partial charge on any atom is 0.237 e. The normalized spacial score (nSPS) is 32.6. The van der Waals surface area contributed by atoms with Crippen LogP contribution in [0, 0.1) is 0 Å². The van der Waals surface area contributed by atoms with Crippen LogP contribution in [0.5, 0.6) is 0 Å². The van der Waals surface area contributed by atoms with Crippen LogP contribution in [-0.4, -0.2) is 41.3 Å². The van der Waals surface area contributed by atoms with Crippen LogP contribution in [-0.2, 0) is 9.53 Å². The molecule has 0 radical (unpaired) electrons. The highest BCUT2D eigenvalue weighted by atomic mass is 16.6. The third kappa shape index (κ3) is 1.40. The lowest BCUT2D eigenvalue weighted by Crippen LogP contribution is -2.20. The second kappa shape index (κ2) is 2.90. The summed E-state index contributed by atoms with van der Waals surface area (Å²) < 4.78 is 4.67. The zero-order valence-corrected chi connectivity index (χ0v) is 5.10. The molecule has 1 rings (SSSR count). The Bertz CT molecular complexity index is 165. The van der Waals surface area contributed by atoms with Gasteiger partial charge in [-0.1, -0.05) is 0 Å². The van der Waals surface area contributed by atoms with E-state index in [2.05, 4.69) is 9.73 Å². The molecule has 1 fully saturated rings. The number of hydrogen-bond donors (Lipinski definition) is 2. The number of isocyanates is 1. The second-order valence-electron chi connectivity index (χ2n) is 1.96. The van der Waals surface area contributed by atoms with Gasteiger partial charge in [0, 0.05) is 0 Å². The van der Waals surface area contributed by atoms with Crippen LogP contribution in [0.4, 0.5) is 0 Å². The van der Waals surface area contributed by atoms with Crippen molar-refractivity contribution in [1.29, 1.82) is 0 Å². The van der Waals surface area contributed by atoms with Crippen LogP contribution in [0.1, 0.15) is 0 Å². The molecule has 0 aromatic carbocycles. The van der Waals surface area contributed by atoms with Crippen molar-refractivity contribution in [3.63, 3.8) is 0 Å². The molecule has 0 spiro atoms. The molecule has 10 heavy (non-hydrogen) atoms. The summed E-state index contributed by atoms with van der Waals surface area (Å²) in [6.45, 7) is -0.379. The van der Waals surface area contributed by atoms with Gasteiger partial charge in [-0.2, -0.15) is 4.99 Å². The topological polar surface area (TPSA) is 82.4 Å². The van der Waals surface area contributed by atoms with Crippen LogP contribution < -0.4 is 0 Å². The lowest BCUT2D eigenvalue weighted by Gasteiger charge is -1.98. The number of epoxide rings is 1. The molecular formula is C5H7NO4. The Kier molecular flexibility index (Phi) is 2.13. The lowest BCUT2D eigenvalue weighted by atomic mass is 10.3. The zero-order chi connectivity index (χ0) is 7.56. The molecular weight excluding hydrogens is 138 g/mol. The van der Waals surface area contributed by atoms with E-state index < -0.39 is 18.4 Å². The van der Waals surface area contributed by atoms with E-state index in [1.807, 2.05) is 0 Å². The first-order valence-electron chi connectivity index (χ1n) is 2.81. The van der Waals surface area contributed by atoms with E-state index >= 15 is 0 Å². The SMILES string of the molecule is O=C=NC1OC1C(O)CO.